The number of ether oxygens (including phenoxy) is 3. The summed E-state index contributed by atoms with van der Waals surface area (Å²) in [5.74, 6) is 5.68. The average Bonchev–Trinajstić information content (AvgIpc) is 3.49. The summed E-state index contributed by atoms with van der Waals surface area (Å²) in [5, 5.41) is 4.13. The van der Waals surface area contributed by atoms with Gasteiger partial charge in [-0.1, -0.05) is 35.7 Å². The number of carbonyl (C=O) groups is 2. The number of methoxy groups -OCH3 is 2. The summed E-state index contributed by atoms with van der Waals surface area (Å²) >= 11 is 13.5. The Labute approximate surface area is 282 Å². The van der Waals surface area contributed by atoms with Crippen molar-refractivity contribution in [3.05, 3.63) is 51.4 Å². The fourth-order valence-corrected chi connectivity index (χ4v) is 6.59. The highest BCUT2D eigenvalue weighted by Crippen LogP contribution is 2.45. The second-order valence-electron chi connectivity index (χ2n) is 11.4. The largest absolute Gasteiger partial charge is 0.495 e. The van der Waals surface area contributed by atoms with Gasteiger partial charge in [0.15, 0.2) is 5.78 Å². The molecule has 1 amide bonds. The SMILES string of the molecule is C=CC(=O)CC1COCC1Nc1ncc2cc(-c3c(Cl)c(OC)cc(OC)c3Cl)c(=O)n(CC3CN(C(=O)C#CC)CCN3C)c2n1. The van der Waals surface area contributed by atoms with E-state index in [1.54, 1.807) is 34.7 Å². The summed E-state index contributed by atoms with van der Waals surface area (Å²) in [5.41, 5.74) is 0.396. The normalized spacial score (nSPS) is 19.6. The predicted molar refractivity (Wildman–Crippen MR) is 180 cm³/mol. The fraction of sp³-hybridized carbons (Fsp3) is 0.424. The van der Waals surface area contributed by atoms with Gasteiger partial charge in [0.05, 0.1) is 49.1 Å². The molecule has 3 aromatic rings. The van der Waals surface area contributed by atoms with E-state index < -0.39 is 5.56 Å². The molecule has 0 spiro atoms. The number of piperazine rings is 1. The van der Waals surface area contributed by atoms with Gasteiger partial charge in [-0.2, -0.15) is 4.98 Å². The summed E-state index contributed by atoms with van der Waals surface area (Å²) < 4.78 is 18.1. The number of carbonyl (C=O) groups excluding carboxylic acids is 2. The van der Waals surface area contributed by atoms with Gasteiger partial charge in [0.1, 0.15) is 17.1 Å². The van der Waals surface area contributed by atoms with Gasteiger partial charge < -0.3 is 24.4 Å². The molecule has 0 bridgehead atoms. The van der Waals surface area contributed by atoms with E-state index >= 15 is 0 Å². The van der Waals surface area contributed by atoms with Gasteiger partial charge in [0.25, 0.3) is 11.5 Å². The van der Waals surface area contributed by atoms with Gasteiger partial charge in [-0.05, 0) is 32.0 Å². The van der Waals surface area contributed by atoms with Crippen molar-refractivity contribution in [1.29, 1.82) is 0 Å². The van der Waals surface area contributed by atoms with E-state index in [0.29, 0.717) is 43.9 Å². The van der Waals surface area contributed by atoms with Gasteiger partial charge in [-0.25, -0.2) is 4.98 Å². The van der Waals surface area contributed by atoms with Crippen molar-refractivity contribution < 1.29 is 23.8 Å². The molecule has 14 heteroatoms. The van der Waals surface area contributed by atoms with E-state index in [2.05, 4.69) is 33.6 Å². The van der Waals surface area contributed by atoms with E-state index in [4.69, 9.17) is 42.4 Å². The standard InChI is InChI=1S/C33H36Cl2N6O6/c1-6-8-27(43)40-10-9-39(3)21(15-40)16-41-31-19(14-36-33(38-31)37-24-18-47-17-20(24)11-22(42)7-2)12-23(32(41)44)28-29(34)25(45-4)13-26(46-5)30(28)35/h7,12-14,20-21,24H,2,9-11,15-18H2,1,3-5H3,(H,36,37,38). The predicted octanol–water partition coefficient (Wildman–Crippen LogP) is 3.52. The number of hydrogen-bond donors (Lipinski definition) is 1. The van der Waals surface area contributed by atoms with Crippen molar-refractivity contribution in [1.82, 2.24) is 24.3 Å². The molecule has 2 aliphatic heterocycles. The molecule has 3 unspecified atom stereocenters. The molecule has 1 N–H and O–H groups in total. The highest BCUT2D eigenvalue weighted by atomic mass is 35.5. The van der Waals surface area contributed by atoms with E-state index in [1.807, 2.05) is 7.05 Å². The summed E-state index contributed by atoms with van der Waals surface area (Å²) in [6.45, 7) is 7.61. The van der Waals surface area contributed by atoms with E-state index in [0.717, 1.165) is 0 Å². The van der Waals surface area contributed by atoms with Crippen LogP contribution in [0.4, 0.5) is 5.95 Å². The summed E-state index contributed by atoms with van der Waals surface area (Å²) in [7, 11) is 4.87. The molecular weight excluding hydrogens is 647 g/mol. The first-order valence-corrected chi connectivity index (χ1v) is 15.8. The van der Waals surface area contributed by atoms with Crippen LogP contribution in [-0.2, 0) is 20.9 Å². The molecule has 3 atom stereocenters. The number of aromatic nitrogens is 3. The molecule has 2 aliphatic rings. The molecule has 248 valence electrons. The summed E-state index contributed by atoms with van der Waals surface area (Å²) in [6.07, 6.45) is 3.20. The quantitative estimate of drug-likeness (QED) is 0.251. The van der Waals surface area contributed by atoms with Crippen LogP contribution in [0.1, 0.15) is 13.3 Å². The Kier molecular flexibility index (Phi) is 10.7. The Morgan fingerprint density at radius 1 is 1.17 bits per heavy atom. The number of allylic oxidation sites excluding steroid dienone is 1. The number of anilines is 1. The molecule has 0 aliphatic carbocycles. The number of fused-ring (bicyclic) bond motifs is 1. The number of nitrogens with zero attached hydrogens (tertiary/aromatic N) is 5. The van der Waals surface area contributed by atoms with Gasteiger partial charge in [-0.15, -0.1) is 0 Å². The Bertz CT molecular complexity index is 1810. The van der Waals surface area contributed by atoms with Crippen LogP contribution in [0.3, 0.4) is 0 Å². The number of rotatable bonds is 10. The van der Waals surface area contributed by atoms with Crippen LogP contribution in [0.25, 0.3) is 22.2 Å². The molecule has 5 rings (SSSR count). The maximum atomic E-state index is 14.5. The second-order valence-corrected chi connectivity index (χ2v) is 12.2. The lowest BCUT2D eigenvalue weighted by atomic mass is 9.97. The first-order chi connectivity index (χ1) is 22.6. The number of benzene rings is 1. The topological polar surface area (TPSA) is 128 Å². The molecule has 2 fully saturated rings. The monoisotopic (exact) mass is 682 g/mol. The highest BCUT2D eigenvalue weighted by molar-refractivity contribution is 6.41. The minimum absolute atomic E-state index is 0.0753. The Hall–Kier alpha value is -4.15. The number of ketones is 1. The third-order valence-corrected chi connectivity index (χ3v) is 9.31. The number of nitrogens with one attached hydrogen (secondary N) is 1. The zero-order valence-electron chi connectivity index (χ0n) is 26.6. The molecule has 2 saturated heterocycles. The van der Waals surface area contributed by atoms with Crippen LogP contribution in [-0.4, -0.2) is 102 Å². The lowest BCUT2D eigenvalue weighted by molar-refractivity contribution is -0.127. The molecule has 0 saturated carbocycles. The van der Waals surface area contributed by atoms with Crippen LogP contribution in [0.5, 0.6) is 11.5 Å². The van der Waals surface area contributed by atoms with E-state index in [1.165, 1.54) is 20.3 Å². The third kappa shape index (κ3) is 7.09. The Morgan fingerprint density at radius 2 is 1.89 bits per heavy atom. The van der Waals surface area contributed by atoms with Crippen LogP contribution in [0.15, 0.2) is 35.8 Å². The van der Waals surface area contributed by atoms with Crippen LogP contribution < -0.4 is 20.3 Å². The van der Waals surface area contributed by atoms with Crippen LogP contribution in [0.2, 0.25) is 10.0 Å². The zero-order valence-corrected chi connectivity index (χ0v) is 28.2. The van der Waals surface area contributed by atoms with Crippen LogP contribution in [0, 0.1) is 17.8 Å². The van der Waals surface area contributed by atoms with Gasteiger partial charge in [0, 0.05) is 67.8 Å². The van der Waals surface area contributed by atoms with Crippen molar-refractivity contribution in [3.8, 4) is 34.5 Å². The van der Waals surface area contributed by atoms with Crippen LogP contribution >= 0.6 is 23.2 Å². The average molecular weight is 684 g/mol. The maximum Gasteiger partial charge on any atom is 0.298 e. The number of pyridine rings is 1. The summed E-state index contributed by atoms with van der Waals surface area (Å²) in [4.78, 5) is 52.4. The molecular formula is C33H36Cl2N6O6. The van der Waals surface area contributed by atoms with E-state index in [9.17, 15) is 14.4 Å². The zero-order chi connectivity index (χ0) is 33.8. The first-order valence-electron chi connectivity index (χ1n) is 15.0. The molecule has 0 radical (unpaired) electrons. The smallest absolute Gasteiger partial charge is 0.298 e. The molecule has 12 nitrogen and oxygen atoms in total. The lowest BCUT2D eigenvalue weighted by Crippen LogP contribution is -2.55. The number of likely N-dealkylation sites (N-methyl/N-ethyl adjacent to an activating group) is 1. The minimum atomic E-state index is -0.412. The van der Waals surface area contributed by atoms with Crippen molar-refractivity contribution in [3.63, 3.8) is 0 Å². The minimum Gasteiger partial charge on any atom is -0.495 e. The molecule has 2 aromatic heterocycles. The molecule has 47 heavy (non-hydrogen) atoms. The third-order valence-electron chi connectivity index (χ3n) is 8.56. The molecule has 4 heterocycles. The number of hydrogen-bond acceptors (Lipinski definition) is 10. The van der Waals surface area contributed by atoms with Gasteiger partial charge in [-0.3, -0.25) is 23.9 Å². The van der Waals surface area contributed by atoms with Gasteiger partial charge >= 0.3 is 0 Å². The second kappa shape index (κ2) is 14.7. The van der Waals surface area contributed by atoms with Gasteiger partial charge in [0.2, 0.25) is 5.95 Å². The highest BCUT2D eigenvalue weighted by Gasteiger charge is 2.32. The van der Waals surface area contributed by atoms with Crippen molar-refractivity contribution in [2.45, 2.75) is 32.0 Å². The lowest BCUT2D eigenvalue weighted by Gasteiger charge is -2.39. The fourth-order valence-electron chi connectivity index (χ4n) is 5.89. The van der Waals surface area contributed by atoms with E-state index in [-0.39, 0.29) is 81.3 Å². The summed E-state index contributed by atoms with van der Waals surface area (Å²) in [6, 6.07) is 2.73. The Morgan fingerprint density at radius 3 is 2.55 bits per heavy atom. The number of amides is 1. The Balaban J connectivity index is 1.64. The number of halogens is 2. The van der Waals surface area contributed by atoms with Crippen molar-refractivity contribution in [2.75, 3.05) is 59.4 Å². The van der Waals surface area contributed by atoms with Crippen molar-refractivity contribution in [2.24, 2.45) is 5.92 Å². The van der Waals surface area contributed by atoms with Crippen molar-refractivity contribution >= 4 is 51.9 Å². The first kappa shape index (κ1) is 34.2. The maximum absolute atomic E-state index is 14.5. The molecule has 1 aromatic carbocycles.